The molecule has 2 atom stereocenters. The van der Waals surface area contributed by atoms with Gasteiger partial charge in [-0.05, 0) is 45.6 Å². The van der Waals surface area contributed by atoms with Crippen LogP contribution in [0.3, 0.4) is 0 Å². The summed E-state index contributed by atoms with van der Waals surface area (Å²) < 4.78 is 5.32. The van der Waals surface area contributed by atoms with Gasteiger partial charge < -0.3 is 25.6 Å². The number of hydrogen-bond acceptors (Lipinski definition) is 7. The molecule has 9 heteroatoms. The van der Waals surface area contributed by atoms with E-state index in [1.807, 2.05) is 18.2 Å². The number of amides is 2. The smallest absolute Gasteiger partial charge is 0.410 e. The van der Waals surface area contributed by atoms with Crippen molar-refractivity contribution in [3.63, 3.8) is 0 Å². The molecule has 0 aliphatic heterocycles. The molecule has 1 aliphatic carbocycles. The van der Waals surface area contributed by atoms with Gasteiger partial charge in [-0.15, -0.1) is 26.0 Å². The quantitative estimate of drug-likeness (QED) is 0.320. The second-order valence-corrected chi connectivity index (χ2v) is 10.3. The maximum atomic E-state index is 12.5. The van der Waals surface area contributed by atoms with Crippen molar-refractivity contribution in [2.24, 2.45) is 5.92 Å². The molecular weight excluding hydrogens is 516 g/mol. The first-order chi connectivity index (χ1) is 19.6. The van der Waals surface area contributed by atoms with Gasteiger partial charge in [-0.25, -0.2) is 9.78 Å². The van der Waals surface area contributed by atoms with Crippen LogP contribution in [0, 0.1) is 30.6 Å². The van der Waals surface area contributed by atoms with Gasteiger partial charge in [0.1, 0.15) is 18.0 Å². The fourth-order valence-electron chi connectivity index (χ4n) is 4.04. The van der Waals surface area contributed by atoms with E-state index < -0.39 is 11.7 Å². The molecule has 0 saturated heterocycles. The zero-order valence-corrected chi connectivity index (χ0v) is 25.0. The maximum Gasteiger partial charge on any atom is 0.410 e. The van der Waals surface area contributed by atoms with Gasteiger partial charge in [0.2, 0.25) is 11.9 Å². The molecule has 2 amide bonds. The number of ether oxygens (including phenoxy) is 1. The third kappa shape index (κ3) is 12.9. The summed E-state index contributed by atoms with van der Waals surface area (Å²) in [6, 6.07) is 10.1. The van der Waals surface area contributed by atoms with E-state index in [0.717, 1.165) is 36.8 Å². The minimum Gasteiger partial charge on any atom is -0.444 e. The average molecular weight is 561 g/mol. The molecule has 1 heterocycles. The van der Waals surface area contributed by atoms with Gasteiger partial charge in [-0.1, -0.05) is 48.6 Å². The summed E-state index contributed by atoms with van der Waals surface area (Å²) >= 11 is 0. The first kappa shape index (κ1) is 34.5. The predicted octanol–water partition coefficient (Wildman–Crippen LogP) is 5.08. The van der Waals surface area contributed by atoms with Crippen LogP contribution >= 0.6 is 0 Å². The fraction of sp³-hybridized carbons (Fsp3) is 0.438. The van der Waals surface area contributed by atoms with Gasteiger partial charge in [-0.2, -0.15) is 4.98 Å². The highest BCUT2D eigenvalue weighted by Crippen LogP contribution is 2.24. The van der Waals surface area contributed by atoms with E-state index in [9.17, 15) is 9.59 Å². The van der Waals surface area contributed by atoms with Crippen molar-refractivity contribution >= 4 is 23.8 Å². The molecule has 1 aromatic carbocycles. The third-order valence-electron chi connectivity index (χ3n) is 5.85. The zero-order valence-electron chi connectivity index (χ0n) is 25.0. The number of anilines is 2. The van der Waals surface area contributed by atoms with Crippen LogP contribution in [0.4, 0.5) is 16.6 Å². The minimum absolute atomic E-state index is 0.0196. The summed E-state index contributed by atoms with van der Waals surface area (Å²) in [4.78, 5) is 34.9. The Morgan fingerprint density at radius 3 is 2.49 bits per heavy atom. The third-order valence-corrected chi connectivity index (χ3v) is 5.85. The first-order valence-electron chi connectivity index (χ1n) is 13.5. The molecule has 0 bridgehead atoms. The van der Waals surface area contributed by atoms with Gasteiger partial charge in [0.15, 0.2) is 0 Å². The molecule has 3 rings (SSSR count). The second-order valence-electron chi connectivity index (χ2n) is 10.3. The highest BCUT2D eigenvalue weighted by Gasteiger charge is 2.25. The van der Waals surface area contributed by atoms with Crippen LogP contribution in [0.2, 0.25) is 0 Å². The molecule has 1 saturated carbocycles. The first-order valence-corrected chi connectivity index (χ1v) is 13.5. The van der Waals surface area contributed by atoms with E-state index >= 15 is 0 Å². The summed E-state index contributed by atoms with van der Waals surface area (Å²) in [5.41, 5.74) is 1.28. The van der Waals surface area contributed by atoms with Crippen LogP contribution in [0.5, 0.6) is 0 Å². The molecular formula is C32H44N6O3. The second kappa shape index (κ2) is 18.0. The van der Waals surface area contributed by atoms with E-state index in [1.165, 1.54) is 4.90 Å². The van der Waals surface area contributed by atoms with Crippen LogP contribution in [0.15, 0.2) is 49.7 Å². The summed E-state index contributed by atoms with van der Waals surface area (Å²) in [6.07, 6.45) is 12.8. The van der Waals surface area contributed by atoms with E-state index in [-0.39, 0.29) is 24.4 Å². The fourth-order valence-corrected chi connectivity index (χ4v) is 4.04. The topological polar surface area (TPSA) is 108 Å². The molecule has 2 aromatic rings. The molecule has 0 unspecified atom stereocenters. The molecule has 1 fully saturated rings. The van der Waals surface area contributed by atoms with E-state index in [1.54, 1.807) is 41.1 Å². The number of nitrogens with zero attached hydrogens (tertiary/aromatic N) is 3. The lowest BCUT2D eigenvalue weighted by atomic mass is 9.86. The monoisotopic (exact) mass is 560 g/mol. The van der Waals surface area contributed by atoms with Gasteiger partial charge in [0.25, 0.3) is 0 Å². The number of nitrogens with one attached hydrogen (secondary N) is 3. The number of aromatic nitrogens is 2. The molecule has 0 radical (unpaired) electrons. The number of carbonyl (C=O) groups is 2. The highest BCUT2D eigenvalue weighted by atomic mass is 16.6. The molecule has 0 spiro atoms. The number of hydrogen-bond donors (Lipinski definition) is 3. The van der Waals surface area contributed by atoms with Crippen molar-refractivity contribution in [3.8, 4) is 24.7 Å². The van der Waals surface area contributed by atoms with Gasteiger partial charge >= 0.3 is 6.09 Å². The summed E-state index contributed by atoms with van der Waals surface area (Å²) in [6.45, 7) is 12.0. The lowest BCUT2D eigenvalue weighted by Gasteiger charge is -2.28. The molecule has 41 heavy (non-hydrogen) atoms. The predicted molar refractivity (Wildman–Crippen MR) is 166 cm³/mol. The molecule has 9 nitrogen and oxygen atoms in total. The van der Waals surface area contributed by atoms with E-state index in [0.29, 0.717) is 18.3 Å². The van der Waals surface area contributed by atoms with E-state index in [2.05, 4.69) is 75.9 Å². The number of terminal acetylenes is 1. The van der Waals surface area contributed by atoms with Crippen molar-refractivity contribution in [1.82, 2.24) is 20.2 Å². The van der Waals surface area contributed by atoms with Crippen LogP contribution in [0.1, 0.15) is 57.6 Å². The summed E-state index contributed by atoms with van der Waals surface area (Å²) in [5, 5.41) is 9.40. The number of benzene rings is 1. The average Bonchev–Trinajstić information content (AvgIpc) is 2.97. The number of likely N-dealkylation sites (N-methyl/N-ethyl adjacent to an activating group) is 1. The van der Waals surface area contributed by atoms with E-state index in [4.69, 9.17) is 4.74 Å². The molecule has 1 aliphatic rings. The Balaban J connectivity index is 0.00000201. The Labute approximate surface area is 245 Å². The normalized spacial score (nSPS) is 15.6. The largest absolute Gasteiger partial charge is 0.444 e. The SMILES string of the molecule is C#C.C=C.CNc1ncc(C#C[C@@H]2CCC[C@H](NC(=O)CN(C)C(=O)OC(C)(C)C)C2)c(NCc2ccccc2)n1. The highest BCUT2D eigenvalue weighted by molar-refractivity contribution is 5.82. The Morgan fingerprint density at radius 2 is 1.85 bits per heavy atom. The lowest BCUT2D eigenvalue weighted by molar-refractivity contribution is -0.123. The van der Waals surface area contributed by atoms with Gasteiger partial charge in [0.05, 0.1) is 11.8 Å². The van der Waals surface area contributed by atoms with Crippen molar-refractivity contribution in [3.05, 3.63) is 60.8 Å². The zero-order chi connectivity index (χ0) is 30.8. The van der Waals surface area contributed by atoms with Crippen molar-refractivity contribution < 1.29 is 14.3 Å². The number of carbonyl (C=O) groups excluding carboxylic acids is 2. The Hall–Kier alpha value is -4.50. The minimum atomic E-state index is -0.605. The van der Waals surface area contributed by atoms with Crippen molar-refractivity contribution in [2.45, 2.75) is 64.6 Å². The van der Waals surface area contributed by atoms with Crippen LogP contribution in [0.25, 0.3) is 0 Å². The summed E-state index contributed by atoms with van der Waals surface area (Å²) in [7, 11) is 3.34. The Kier molecular flexibility index (Phi) is 15.1. The molecule has 220 valence electrons. The van der Waals surface area contributed by atoms with Crippen molar-refractivity contribution in [2.75, 3.05) is 31.3 Å². The number of rotatable bonds is 7. The van der Waals surface area contributed by atoms with Crippen molar-refractivity contribution in [1.29, 1.82) is 0 Å². The maximum absolute atomic E-state index is 12.5. The summed E-state index contributed by atoms with van der Waals surface area (Å²) in [5.74, 6) is 7.80. The van der Waals surface area contributed by atoms with Crippen LogP contribution < -0.4 is 16.0 Å². The molecule has 1 aromatic heterocycles. The Morgan fingerprint density at radius 1 is 1.17 bits per heavy atom. The van der Waals surface area contributed by atoms with Gasteiger partial charge in [-0.3, -0.25) is 4.79 Å². The molecule has 3 N–H and O–H groups in total. The van der Waals surface area contributed by atoms with Crippen LogP contribution in [-0.2, 0) is 16.1 Å². The standard InChI is InChI=1S/C28H38N6O3.C2H4.C2H2/c1-28(2,3)37-27(36)34(5)19-24(35)32-23-13-9-12-20(16-23)14-15-22-18-31-26(29-4)33-25(22)30-17-21-10-7-6-8-11-21;2*1-2/h6-8,10-11,18,20,23H,9,12-13,16-17,19H2,1-5H3,(H,32,35)(H2,29,30,31,33);1-2H2;1-2H/t20-,23-;;/m0../s1. The van der Waals surface area contributed by atoms with Crippen LogP contribution in [-0.4, -0.2) is 59.2 Å². The van der Waals surface area contributed by atoms with Gasteiger partial charge in [0, 0.05) is 32.6 Å². The lowest BCUT2D eigenvalue weighted by Crippen LogP contribution is -2.45. The Bertz CT molecular complexity index is 1180.